The molecule has 1 aromatic rings. The molecule has 1 aliphatic rings. The summed E-state index contributed by atoms with van der Waals surface area (Å²) in [5, 5.41) is 0.177. The summed E-state index contributed by atoms with van der Waals surface area (Å²) in [6, 6.07) is 4.83. The van der Waals surface area contributed by atoms with E-state index in [1.165, 1.54) is 6.07 Å². The normalized spacial score (nSPS) is 17.4. The van der Waals surface area contributed by atoms with Gasteiger partial charge in [0.1, 0.15) is 11.6 Å². The zero-order valence-corrected chi connectivity index (χ0v) is 10.3. The molecule has 0 saturated carbocycles. The summed E-state index contributed by atoms with van der Waals surface area (Å²) in [5.74, 6) is -0.0231. The van der Waals surface area contributed by atoms with Gasteiger partial charge in [-0.15, -0.1) is 0 Å². The quantitative estimate of drug-likeness (QED) is 0.828. The van der Waals surface area contributed by atoms with Gasteiger partial charge in [-0.2, -0.15) is 0 Å². The Kier molecular flexibility index (Phi) is 4.13. The first kappa shape index (κ1) is 12.5. The first-order valence-corrected chi connectivity index (χ1v) is 6.21. The maximum atomic E-state index is 13.0. The maximum absolute atomic E-state index is 13.0. The number of hydrogen-bond acceptors (Lipinski definition) is 2. The molecule has 0 amide bonds. The molecule has 1 aliphatic heterocycles. The first-order chi connectivity index (χ1) is 8.15. The third-order valence-electron chi connectivity index (χ3n) is 3.11. The van der Waals surface area contributed by atoms with Crippen LogP contribution in [0.1, 0.15) is 18.4 Å². The van der Waals surface area contributed by atoms with Crippen molar-refractivity contribution < 1.29 is 9.18 Å². The molecule has 0 aromatic heterocycles. The molecule has 1 saturated heterocycles. The van der Waals surface area contributed by atoms with Crippen molar-refractivity contribution in [1.82, 2.24) is 4.90 Å². The molecule has 0 bridgehead atoms. The third-order valence-corrected chi connectivity index (χ3v) is 3.40. The molecule has 0 aliphatic carbocycles. The van der Waals surface area contributed by atoms with Gasteiger partial charge >= 0.3 is 0 Å². The number of piperidine rings is 1. The predicted molar refractivity (Wildman–Crippen MR) is 65.8 cm³/mol. The summed E-state index contributed by atoms with van der Waals surface area (Å²) in [7, 11) is 0. The van der Waals surface area contributed by atoms with Crippen LogP contribution in [0.4, 0.5) is 4.39 Å². The highest BCUT2D eigenvalue weighted by Crippen LogP contribution is 2.17. The molecule has 1 heterocycles. The van der Waals surface area contributed by atoms with Crippen molar-refractivity contribution in [3.8, 4) is 0 Å². The predicted octanol–water partition coefficient (Wildman–Crippen LogP) is 2.69. The maximum Gasteiger partial charge on any atom is 0.141 e. The smallest absolute Gasteiger partial charge is 0.141 e. The lowest BCUT2D eigenvalue weighted by Crippen LogP contribution is -2.35. The van der Waals surface area contributed by atoms with Gasteiger partial charge in [-0.3, -0.25) is 4.79 Å². The van der Waals surface area contributed by atoms with Crippen LogP contribution in [0, 0.1) is 5.82 Å². The first-order valence-electron chi connectivity index (χ1n) is 5.83. The van der Waals surface area contributed by atoms with Gasteiger partial charge in [-0.05, 0) is 24.1 Å². The van der Waals surface area contributed by atoms with Crippen molar-refractivity contribution in [2.24, 2.45) is 0 Å². The molecule has 0 atom stereocenters. The number of carbonyl (C=O) groups excluding carboxylic acids is 1. The molecule has 17 heavy (non-hydrogen) atoms. The molecule has 0 N–H and O–H groups in total. The number of halogens is 2. The Hall–Kier alpha value is -0.930. The number of hydrogen-bond donors (Lipinski definition) is 0. The van der Waals surface area contributed by atoms with Gasteiger partial charge in [-0.1, -0.05) is 17.7 Å². The summed E-state index contributed by atoms with van der Waals surface area (Å²) in [6.45, 7) is 2.58. The van der Waals surface area contributed by atoms with Crippen LogP contribution in [-0.4, -0.2) is 30.3 Å². The van der Waals surface area contributed by atoms with Crippen LogP contribution in [0.5, 0.6) is 0 Å². The van der Waals surface area contributed by atoms with Gasteiger partial charge in [-0.25, -0.2) is 4.39 Å². The SMILES string of the molecule is O=C1CCN(CCc2ccc(F)c(Cl)c2)CC1. The summed E-state index contributed by atoms with van der Waals surface area (Å²) in [4.78, 5) is 13.3. The van der Waals surface area contributed by atoms with Crippen LogP contribution < -0.4 is 0 Å². The lowest BCUT2D eigenvalue weighted by molar-refractivity contribution is -0.121. The second-order valence-electron chi connectivity index (χ2n) is 4.38. The van der Waals surface area contributed by atoms with Gasteiger partial charge in [0.15, 0.2) is 0 Å². The molecular weight excluding hydrogens is 241 g/mol. The molecule has 92 valence electrons. The van der Waals surface area contributed by atoms with E-state index < -0.39 is 0 Å². The molecule has 1 aromatic carbocycles. The Bertz CT molecular complexity index is 412. The van der Waals surface area contributed by atoms with E-state index in [4.69, 9.17) is 11.6 Å². The summed E-state index contributed by atoms with van der Waals surface area (Å²) < 4.78 is 13.0. The Labute approximate surface area is 105 Å². The Morgan fingerprint density at radius 2 is 2.00 bits per heavy atom. The van der Waals surface area contributed by atoms with E-state index in [0.29, 0.717) is 18.6 Å². The van der Waals surface area contributed by atoms with Crippen LogP contribution in [0.3, 0.4) is 0 Å². The van der Waals surface area contributed by atoms with E-state index >= 15 is 0 Å². The van der Waals surface area contributed by atoms with Crippen molar-refractivity contribution in [2.45, 2.75) is 19.3 Å². The molecule has 4 heteroatoms. The topological polar surface area (TPSA) is 20.3 Å². The van der Waals surface area contributed by atoms with E-state index in [-0.39, 0.29) is 10.8 Å². The summed E-state index contributed by atoms with van der Waals surface area (Å²) in [6.07, 6.45) is 2.16. The summed E-state index contributed by atoms with van der Waals surface area (Å²) in [5.41, 5.74) is 1.04. The Morgan fingerprint density at radius 1 is 1.29 bits per heavy atom. The minimum atomic E-state index is -0.376. The lowest BCUT2D eigenvalue weighted by atomic mass is 10.1. The molecule has 2 rings (SSSR count). The van der Waals surface area contributed by atoms with Crippen LogP contribution in [-0.2, 0) is 11.2 Å². The second-order valence-corrected chi connectivity index (χ2v) is 4.79. The molecule has 0 spiro atoms. The largest absolute Gasteiger partial charge is 0.302 e. The fourth-order valence-corrected chi connectivity index (χ4v) is 2.21. The van der Waals surface area contributed by atoms with Gasteiger partial charge < -0.3 is 4.90 Å². The molecule has 2 nitrogen and oxygen atoms in total. The van der Waals surface area contributed by atoms with Crippen LogP contribution in [0.25, 0.3) is 0 Å². The number of nitrogens with zero attached hydrogens (tertiary/aromatic N) is 1. The number of benzene rings is 1. The summed E-state index contributed by atoms with van der Waals surface area (Å²) >= 11 is 5.72. The van der Waals surface area contributed by atoms with Crippen molar-refractivity contribution in [3.63, 3.8) is 0 Å². The molecule has 0 radical (unpaired) electrons. The number of Topliss-reactive ketones (excluding diaryl/α,β-unsaturated/α-hetero) is 1. The zero-order valence-electron chi connectivity index (χ0n) is 9.59. The van der Waals surface area contributed by atoms with Crippen molar-refractivity contribution in [1.29, 1.82) is 0 Å². The highest BCUT2D eigenvalue weighted by atomic mass is 35.5. The highest BCUT2D eigenvalue weighted by Gasteiger charge is 2.15. The molecular formula is C13H15ClFNO. The Morgan fingerprint density at radius 3 is 2.65 bits per heavy atom. The number of ketones is 1. The van der Waals surface area contributed by atoms with Crippen molar-refractivity contribution in [3.05, 3.63) is 34.6 Å². The van der Waals surface area contributed by atoms with Crippen molar-refractivity contribution in [2.75, 3.05) is 19.6 Å². The molecule has 0 unspecified atom stereocenters. The van der Waals surface area contributed by atoms with Crippen LogP contribution in [0.15, 0.2) is 18.2 Å². The van der Waals surface area contributed by atoms with E-state index in [9.17, 15) is 9.18 Å². The number of rotatable bonds is 3. The average molecular weight is 256 g/mol. The van der Waals surface area contributed by atoms with E-state index in [1.54, 1.807) is 12.1 Å². The fourth-order valence-electron chi connectivity index (χ4n) is 2.01. The highest BCUT2D eigenvalue weighted by molar-refractivity contribution is 6.30. The monoisotopic (exact) mass is 255 g/mol. The van der Waals surface area contributed by atoms with Gasteiger partial charge in [0.25, 0.3) is 0 Å². The standard InChI is InChI=1S/C13H15ClFNO/c14-12-9-10(1-2-13(12)15)3-6-16-7-4-11(17)5-8-16/h1-2,9H,3-8H2. The van der Waals surface area contributed by atoms with Gasteiger partial charge in [0.2, 0.25) is 0 Å². The van der Waals surface area contributed by atoms with Gasteiger partial charge in [0, 0.05) is 32.5 Å². The number of carbonyl (C=O) groups is 1. The van der Waals surface area contributed by atoms with E-state index in [0.717, 1.165) is 31.6 Å². The third kappa shape index (κ3) is 3.51. The van der Waals surface area contributed by atoms with Crippen LogP contribution in [0.2, 0.25) is 5.02 Å². The van der Waals surface area contributed by atoms with Gasteiger partial charge in [0.05, 0.1) is 5.02 Å². The molecule has 1 fully saturated rings. The minimum absolute atomic E-state index is 0.177. The second kappa shape index (κ2) is 5.61. The van der Waals surface area contributed by atoms with E-state index in [2.05, 4.69) is 4.90 Å². The number of likely N-dealkylation sites (tertiary alicyclic amines) is 1. The Balaban J connectivity index is 1.85. The zero-order chi connectivity index (χ0) is 12.3. The minimum Gasteiger partial charge on any atom is -0.302 e. The lowest BCUT2D eigenvalue weighted by Gasteiger charge is -2.25. The average Bonchev–Trinajstić information content (AvgIpc) is 2.33. The van der Waals surface area contributed by atoms with E-state index in [1.807, 2.05) is 0 Å². The van der Waals surface area contributed by atoms with Crippen LogP contribution >= 0.6 is 11.6 Å². The van der Waals surface area contributed by atoms with Crippen molar-refractivity contribution >= 4 is 17.4 Å². The fraction of sp³-hybridized carbons (Fsp3) is 0.462.